The number of primary amides is 1. The van der Waals surface area contributed by atoms with Crippen LogP contribution in [0.4, 0.5) is 14.5 Å². The lowest BCUT2D eigenvalue weighted by molar-refractivity contribution is -0.114. The monoisotopic (exact) mass is 522 g/mol. The second kappa shape index (κ2) is 9.21. The molecule has 30 heavy (non-hydrogen) atoms. The third-order valence-electron chi connectivity index (χ3n) is 4.19. The number of amides is 2. The van der Waals surface area contributed by atoms with Crippen LogP contribution in [0.2, 0.25) is 0 Å². The maximum atomic E-state index is 14.3. The van der Waals surface area contributed by atoms with Crippen molar-refractivity contribution in [1.29, 1.82) is 0 Å². The zero-order chi connectivity index (χ0) is 21.8. The SMILES string of the molecule is CC(=O)Nc1ccc(Oc2cc(F)cc(Cc3ccc(I)cc3F)c2C(N)=O)cc1. The van der Waals surface area contributed by atoms with E-state index in [1.807, 2.05) is 22.6 Å². The smallest absolute Gasteiger partial charge is 0.252 e. The van der Waals surface area contributed by atoms with Crippen molar-refractivity contribution in [3.05, 3.63) is 86.5 Å². The molecule has 0 heterocycles. The quantitative estimate of drug-likeness (QED) is 0.447. The van der Waals surface area contributed by atoms with Gasteiger partial charge < -0.3 is 15.8 Å². The molecule has 8 heteroatoms. The summed E-state index contributed by atoms with van der Waals surface area (Å²) in [6.45, 7) is 1.38. The molecule has 0 radical (unpaired) electrons. The average Bonchev–Trinajstić information content (AvgIpc) is 2.64. The largest absolute Gasteiger partial charge is 0.456 e. The van der Waals surface area contributed by atoms with Crippen molar-refractivity contribution in [1.82, 2.24) is 0 Å². The van der Waals surface area contributed by atoms with Crippen molar-refractivity contribution >= 4 is 40.1 Å². The molecule has 0 unspecified atom stereocenters. The summed E-state index contributed by atoms with van der Waals surface area (Å²) in [6.07, 6.45) is -0.0311. The van der Waals surface area contributed by atoms with Crippen LogP contribution >= 0.6 is 22.6 Å². The number of nitrogens with one attached hydrogen (secondary N) is 1. The summed E-state index contributed by atoms with van der Waals surface area (Å²) in [4.78, 5) is 23.2. The summed E-state index contributed by atoms with van der Waals surface area (Å²) >= 11 is 1.98. The Morgan fingerprint density at radius 2 is 1.73 bits per heavy atom. The van der Waals surface area contributed by atoms with Crippen LogP contribution in [0.25, 0.3) is 0 Å². The van der Waals surface area contributed by atoms with Crippen molar-refractivity contribution in [3.8, 4) is 11.5 Å². The Morgan fingerprint density at radius 1 is 1.03 bits per heavy atom. The Labute approximate surface area is 185 Å². The Balaban J connectivity index is 1.96. The number of carbonyl (C=O) groups excluding carboxylic acids is 2. The minimum absolute atomic E-state index is 0.0275. The molecule has 3 rings (SSSR count). The molecule has 0 aromatic heterocycles. The van der Waals surface area contributed by atoms with Crippen LogP contribution in [0.15, 0.2) is 54.6 Å². The first-order valence-corrected chi connectivity index (χ1v) is 9.92. The fraction of sp³-hybridized carbons (Fsp3) is 0.0909. The van der Waals surface area contributed by atoms with Gasteiger partial charge in [-0.1, -0.05) is 6.07 Å². The summed E-state index contributed by atoms with van der Waals surface area (Å²) < 4.78 is 35.0. The van der Waals surface area contributed by atoms with Crippen molar-refractivity contribution < 1.29 is 23.1 Å². The lowest BCUT2D eigenvalue weighted by Gasteiger charge is -2.15. The minimum atomic E-state index is -0.819. The third kappa shape index (κ3) is 5.32. The molecule has 0 aliphatic carbocycles. The van der Waals surface area contributed by atoms with Crippen molar-refractivity contribution in [2.75, 3.05) is 5.32 Å². The number of anilines is 1. The normalized spacial score (nSPS) is 10.5. The number of hydrogen-bond donors (Lipinski definition) is 2. The fourth-order valence-corrected chi connectivity index (χ4v) is 3.40. The van der Waals surface area contributed by atoms with E-state index in [4.69, 9.17) is 10.5 Å². The van der Waals surface area contributed by atoms with E-state index >= 15 is 0 Å². The Hall–Kier alpha value is -3.01. The van der Waals surface area contributed by atoms with Gasteiger partial charge in [0.25, 0.3) is 5.91 Å². The summed E-state index contributed by atoms with van der Waals surface area (Å²) in [6, 6.07) is 13.2. The summed E-state index contributed by atoms with van der Waals surface area (Å²) in [5, 5.41) is 2.62. The highest BCUT2D eigenvalue weighted by Crippen LogP contribution is 2.31. The average molecular weight is 522 g/mol. The molecule has 3 N–H and O–H groups in total. The number of benzene rings is 3. The van der Waals surface area contributed by atoms with Crippen molar-refractivity contribution in [2.45, 2.75) is 13.3 Å². The molecule has 3 aromatic carbocycles. The molecule has 0 atom stereocenters. The highest BCUT2D eigenvalue weighted by atomic mass is 127. The number of nitrogens with two attached hydrogens (primary N) is 1. The van der Waals surface area contributed by atoms with Gasteiger partial charge in [-0.15, -0.1) is 0 Å². The number of halogens is 3. The highest BCUT2D eigenvalue weighted by Gasteiger charge is 2.19. The summed E-state index contributed by atoms with van der Waals surface area (Å²) in [7, 11) is 0. The molecule has 0 aliphatic heterocycles. The number of carbonyl (C=O) groups is 2. The van der Waals surface area contributed by atoms with Gasteiger partial charge >= 0.3 is 0 Å². The van der Waals surface area contributed by atoms with E-state index < -0.39 is 17.5 Å². The molecule has 2 amide bonds. The lowest BCUT2D eigenvalue weighted by atomic mass is 9.98. The van der Waals surface area contributed by atoms with Gasteiger partial charge in [-0.25, -0.2) is 8.78 Å². The van der Waals surface area contributed by atoms with Gasteiger partial charge in [0, 0.05) is 28.7 Å². The van der Waals surface area contributed by atoms with E-state index in [0.29, 0.717) is 17.0 Å². The molecule has 0 fully saturated rings. The summed E-state index contributed by atoms with van der Waals surface area (Å²) in [5.41, 5.74) is 6.57. The number of rotatable bonds is 6. The molecule has 0 bridgehead atoms. The molecule has 0 aliphatic rings. The van der Waals surface area contributed by atoms with Crippen LogP contribution in [-0.2, 0) is 11.2 Å². The molecule has 0 spiro atoms. The van der Waals surface area contributed by atoms with E-state index in [1.165, 1.54) is 13.0 Å². The lowest BCUT2D eigenvalue weighted by Crippen LogP contribution is -2.16. The molecule has 0 saturated heterocycles. The molecule has 0 saturated carbocycles. The number of ether oxygens (including phenoxy) is 1. The van der Waals surface area contributed by atoms with Crippen LogP contribution in [0.5, 0.6) is 11.5 Å². The van der Waals surface area contributed by atoms with E-state index in [1.54, 1.807) is 36.4 Å². The second-order valence-corrected chi connectivity index (χ2v) is 7.77. The maximum Gasteiger partial charge on any atom is 0.252 e. The standard InChI is InChI=1S/C22H17F2IN2O3/c1-12(28)27-17-4-6-18(7-5-17)30-20-10-15(23)9-14(21(20)22(26)29)8-13-2-3-16(25)11-19(13)24/h2-7,9-11H,8H2,1H3,(H2,26,29)(H,27,28). The zero-order valence-electron chi connectivity index (χ0n) is 15.8. The predicted octanol–water partition coefficient (Wildman–Crippen LogP) is 5.01. The Kier molecular flexibility index (Phi) is 6.66. The number of hydrogen-bond acceptors (Lipinski definition) is 3. The van der Waals surface area contributed by atoms with Crippen molar-refractivity contribution in [3.63, 3.8) is 0 Å². The minimum Gasteiger partial charge on any atom is -0.456 e. The first-order chi connectivity index (χ1) is 14.2. The first-order valence-electron chi connectivity index (χ1n) is 8.84. The van der Waals surface area contributed by atoms with Gasteiger partial charge in [0.2, 0.25) is 5.91 Å². The van der Waals surface area contributed by atoms with E-state index in [0.717, 1.165) is 15.7 Å². The maximum absolute atomic E-state index is 14.3. The first kappa shape index (κ1) is 21.7. The molecule has 5 nitrogen and oxygen atoms in total. The fourth-order valence-electron chi connectivity index (χ4n) is 2.94. The molecular formula is C22H17F2IN2O3. The third-order valence-corrected chi connectivity index (χ3v) is 4.86. The van der Waals surface area contributed by atoms with Gasteiger partial charge in [0.05, 0.1) is 5.56 Å². The van der Waals surface area contributed by atoms with Crippen LogP contribution in [0.3, 0.4) is 0 Å². The van der Waals surface area contributed by atoms with Crippen LogP contribution in [0, 0.1) is 15.2 Å². The highest BCUT2D eigenvalue weighted by molar-refractivity contribution is 14.1. The van der Waals surface area contributed by atoms with Gasteiger partial charge in [-0.3, -0.25) is 9.59 Å². The van der Waals surface area contributed by atoms with Crippen LogP contribution in [0.1, 0.15) is 28.4 Å². The van der Waals surface area contributed by atoms with E-state index in [9.17, 15) is 18.4 Å². The van der Waals surface area contributed by atoms with Gasteiger partial charge in [0.1, 0.15) is 23.1 Å². The topological polar surface area (TPSA) is 81.4 Å². The van der Waals surface area contributed by atoms with E-state index in [2.05, 4.69) is 5.32 Å². The van der Waals surface area contributed by atoms with Gasteiger partial charge in [-0.2, -0.15) is 0 Å². The predicted molar refractivity (Wildman–Crippen MR) is 118 cm³/mol. The molecular weight excluding hydrogens is 505 g/mol. The zero-order valence-corrected chi connectivity index (χ0v) is 18.0. The summed E-state index contributed by atoms with van der Waals surface area (Å²) in [5.74, 6) is -1.92. The van der Waals surface area contributed by atoms with Crippen LogP contribution in [-0.4, -0.2) is 11.8 Å². The molecule has 3 aromatic rings. The van der Waals surface area contributed by atoms with Crippen molar-refractivity contribution in [2.24, 2.45) is 5.73 Å². The van der Waals surface area contributed by atoms with Gasteiger partial charge in [0.15, 0.2) is 0 Å². The molecule has 154 valence electrons. The Morgan fingerprint density at radius 3 is 2.33 bits per heavy atom. The van der Waals surface area contributed by atoms with E-state index in [-0.39, 0.29) is 29.2 Å². The van der Waals surface area contributed by atoms with Crippen LogP contribution < -0.4 is 15.8 Å². The Bertz CT molecular complexity index is 1120. The van der Waals surface area contributed by atoms with Gasteiger partial charge in [-0.05, 0) is 76.2 Å². The second-order valence-electron chi connectivity index (χ2n) is 6.52.